The fourth-order valence-electron chi connectivity index (χ4n) is 1.75. The van der Waals surface area contributed by atoms with Gasteiger partial charge in [0.15, 0.2) is 4.80 Å². The first-order valence-electron chi connectivity index (χ1n) is 6.34. The average molecular weight is 351 g/mol. The molecule has 6 nitrogen and oxygen atoms in total. The summed E-state index contributed by atoms with van der Waals surface area (Å²) in [5.74, 6) is -0.203. The molecule has 0 aliphatic carbocycles. The fraction of sp³-hybridized carbons (Fsp3) is 0.308. The Morgan fingerprint density at radius 3 is 2.23 bits per heavy atom. The number of benzene rings is 1. The molecule has 1 N–H and O–H groups in total. The molecule has 0 fully saturated rings. The van der Waals surface area contributed by atoms with Gasteiger partial charge in [-0.3, -0.25) is 4.99 Å². The second-order valence-corrected chi connectivity index (χ2v) is 5.65. The number of nitrogens with zero attached hydrogens (tertiary/aromatic N) is 2. The molecule has 122 valence electrons. The van der Waals surface area contributed by atoms with E-state index in [0.29, 0.717) is 0 Å². The van der Waals surface area contributed by atoms with Crippen molar-refractivity contribution in [3.8, 4) is 11.3 Å². The lowest BCUT2D eigenvalue weighted by Crippen LogP contribution is -2.58. The van der Waals surface area contributed by atoms with Crippen molar-refractivity contribution in [2.45, 2.75) is 20.4 Å². The number of hydrogen-bond donors (Lipinski definition) is 1. The summed E-state index contributed by atoms with van der Waals surface area (Å²) in [7, 11) is -4.69. The molecule has 2 rings (SSSR count). The van der Waals surface area contributed by atoms with Gasteiger partial charge in [0, 0.05) is 18.5 Å². The fourth-order valence-corrected chi connectivity index (χ4v) is 2.79. The van der Waals surface area contributed by atoms with Crippen LogP contribution in [0.4, 0.5) is 4.39 Å². The summed E-state index contributed by atoms with van der Waals surface area (Å²) in [6, 6.07) is 6.59. The van der Waals surface area contributed by atoms with Crippen LogP contribution in [0.2, 0.25) is 0 Å². The Balaban J connectivity index is 0.000000422. The molecule has 0 spiro atoms. The van der Waals surface area contributed by atoms with Crippen molar-refractivity contribution in [3.05, 3.63) is 40.3 Å². The van der Waals surface area contributed by atoms with Gasteiger partial charge in [0.2, 0.25) is 0 Å². The highest BCUT2D eigenvalue weighted by atomic mass is 35.7. The van der Waals surface area contributed by atoms with E-state index in [2.05, 4.69) is 21.9 Å². The zero-order chi connectivity index (χ0) is 16.8. The lowest BCUT2D eigenvalue weighted by molar-refractivity contribution is -1.92. The number of rotatable bonds is 3. The van der Waals surface area contributed by atoms with E-state index in [1.54, 1.807) is 23.5 Å². The van der Waals surface area contributed by atoms with Gasteiger partial charge in [-0.2, -0.15) is 14.0 Å². The number of aromatic nitrogens is 1. The molecule has 1 aromatic heterocycles. The van der Waals surface area contributed by atoms with Gasteiger partial charge in [-0.15, -0.1) is 11.3 Å². The van der Waals surface area contributed by atoms with Crippen LogP contribution in [-0.4, -0.2) is 15.8 Å². The summed E-state index contributed by atoms with van der Waals surface area (Å²) in [6.45, 7) is 5.77. The van der Waals surface area contributed by atoms with E-state index in [0.717, 1.165) is 29.1 Å². The largest absolute Gasteiger partial charge is 0.317 e. The summed E-state index contributed by atoms with van der Waals surface area (Å²) < 4.78 is 47.8. The summed E-state index contributed by atoms with van der Waals surface area (Å²) in [5.41, 5.74) is 2.13. The third-order valence-electron chi connectivity index (χ3n) is 2.55. The highest BCUT2D eigenvalue weighted by Gasteiger charge is 2.06. The van der Waals surface area contributed by atoms with Crippen LogP contribution < -0.4 is 18.8 Å². The summed E-state index contributed by atoms with van der Waals surface area (Å²) in [4.78, 5) is 5.47. The Labute approximate surface area is 133 Å². The van der Waals surface area contributed by atoms with Crippen molar-refractivity contribution in [2.24, 2.45) is 4.99 Å². The molecule has 1 aromatic carbocycles. The molecular weight excluding hydrogens is 335 g/mol. The van der Waals surface area contributed by atoms with Gasteiger partial charge in [0.1, 0.15) is 5.82 Å². The van der Waals surface area contributed by atoms with Crippen molar-refractivity contribution in [1.29, 1.82) is 0 Å². The molecule has 1 heterocycles. The van der Waals surface area contributed by atoms with Gasteiger partial charge in [0.05, 0.1) is 20.6 Å². The zero-order valence-corrected chi connectivity index (χ0v) is 13.6. The molecule has 0 saturated heterocycles. The van der Waals surface area contributed by atoms with Crippen LogP contribution in [0.5, 0.6) is 0 Å². The maximum Gasteiger partial charge on any atom is 0.185 e. The van der Waals surface area contributed by atoms with Gasteiger partial charge >= 0.3 is 0 Å². The van der Waals surface area contributed by atoms with Gasteiger partial charge < -0.3 is 4.57 Å². The van der Waals surface area contributed by atoms with Crippen molar-refractivity contribution in [3.63, 3.8) is 0 Å². The third-order valence-corrected chi connectivity index (χ3v) is 3.45. The lowest BCUT2D eigenvalue weighted by Gasteiger charge is -2.05. The molecule has 0 saturated carbocycles. The Morgan fingerprint density at radius 1 is 1.23 bits per heavy atom. The minimum absolute atomic E-state index is 0.203. The molecule has 0 bridgehead atoms. The van der Waals surface area contributed by atoms with Crippen molar-refractivity contribution in [1.82, 2.24) is 4.57 Å². The zero-order valence-electron chi connectivity index (χ0n) is 12.0. The second-order valence-electron chi connectivity index (χ2n) is 4.03. The SMILES string of the molecule is CCN=c1scc(-c2ccc(F)cc2)n1CC.[O-][Cl+3]([O-])([O-])O. The summed E-state index contributed by atoms with van der Waals surface area (Å²) >= 11 is 1.63. The molecule has 0 aliphatic rings. The van der Waals surface area contributed by atoms with Gasteiger partial charge in [0.25, 0.3) is 0 Å². The van der Waals surface area contributed by atoms with Gasteiger partial charge in [-0.25, -0.2) is 4.39 Å². The number of halogens is 2. The molecule has 0 amide bonds. The van der Waals surface area contributed by atoms with Crippen LogP contribution in [0.25, 0.3) is 11.3 Å². The van der Waals surface area contributed by atoms with Crippen LogP contribution >= 0.6 is 11.3 Å². The predicted molar refractivity (Wildman–Crippen MR) is 71.7 cm³/mol. The maximum atomic E-state index is 12.9. The Kier molecular flexibility index (Phi) is 7.14. The molecule has 22 heavy (non-hydrogen) atoms. The first-order valence-corrected chi connectivity index (χ1v) is 8.48. The minimum atomic E-state index is -4.69. The van der Waals surface area contributed by atoms with E-state index in [-0.39, 0.29) is 5.82 Å². The van der Waals surface area contributed by atoms with E-state index in [9.17, 15) is 4.39 Å². The highest BCUT2D eigenvalue weighted by molar-refractivity contribution is 7.07. The van der Waals surface area contributed by atoms with Crippen LogP contribution in [0.1, 0.15) is 13.8 Å². The topological polar surface area (TPSA) is 107 Å². The predicted octanol–water partition coefficient (Wildman–Crippen LogP) is -0.828. The molecule has 0 radical (unpaired) electrons. The van der Waals surface area contributed by atoms with E-state index in [1.807, 2.05) is 6.92 Å². The van der Waals surface area contributed by atoms with Crippen LogP contribution in [0.3, 0.4) is 0 Å². The van der Waals surface area contributed by atoms with Crippen LogP contribution in [0.15, 0.2) is 34.6 Å². The minimum Gasteiger partial charge on any atom is -0.317 e. The van der Waals surface area contributed by atoms with Crippen molar-refractivity contribution >= 4 is 11.3 Å². The van der Waals surface area contributed by atoms with Gasteiger partial charge in [-0.1, -0.05) is 0 Å². The van der Waals surface area contributed by atoms with Crippen LogP contribution in [-0.2, 0) is 6.54 Å². The normalized spacial score (nSPS) is 12.0. The second kappa shape index (κ2) is 8.37. The number of thiazole rings is 1. The molecule has 9 heteroatoms. The Hall–Kier alpha value is -1.29. The molecule has 0 unspecified atom stereocenters. The smallest absolute Gasteiger partial charge is 0.185 e. The van der Waals surface area contributed by atoms with E-state index >= 15 is 0 Å². The summed E-state index contributed by atoms with van der Waals surface area (Å²) in [5, 5.41) is 2.07. The van der Waals surface area contributed by atoms with E-state index in [1.165, 1.54) is 12.1 Å². The first-order chi connectivity index (χ1) is 10.3. The molecule has 0 aliphatic heterocycles. The molecule has 0 atom stereocenters. The van der Waals surface area contributed by atoms with E-state index < -0.39 is 10.2 Å². The average Bonchev–Trinajstić information content (AvgIpc) is 2.81. The standard InChI is InChI=1S/C13H15FN2S.ClHO4/c1-3-15-13-16(4-2)12(9-17-13)10-5-7-11(14)8-6-10;2-1(3,4)5/h5-9H,3-4H2,1-2H3;(H,2,3,4,5). The molecule has 2 aromatic rings. The summed E-state index contributed by atoms with van der Waals surface area (Å²) in [6.07, 6.45) is 0. The number of hydrogen-bond acceptors (Lipinski definition) is 6. The highest BCUT2D eigenvalue weighted by Crippen LogP contribution is 2.20. The van der Waals surface area contributed by atoms with Crippen molar-refractivity contribution < 1.29 is 33.3 Å². The van der Waals surface area contributed by atoms with Crippen molar-refractivity contribution in [2.75, 3.05) is 6.54 Å². The Bertz CT molecular complexity index is 643. The van der Waals surface area contributed by atoms with Crippen LogP contribution in [0, 0.1) is 16.1 Å². The third kappa shape index (κ3) is 6.22. The Morgan fingerprint density at radius 2 is 1.77 bits per heavy atom. The van der Waals surface area contributed by atoms with E-state index in [4.69, 9.17) is 18.6 Å². The quantitative estimate of drug-likeness (QED) is 0.779. The maximum absolute atomic E-state index is 12.9. The lowest BCUT2D eigenvalue weighted by atomic mass is 10.2. The first kappa shape index (κ1) is 18.8. The van der Waals surface area contributed by atoms with Gasteiger partial charge in [-0.05, 0) is 43.7 Å². The molecular formula is C13H16ClFN2O4S. The monoisotopic (exact) mass is 350 g/mol.